The maximum Gasteiger partial charge on any atom is 0.407 e. The number of halogens is 1. The number of nitrogens with one attached hydrogen (secondary N) is 1. The van der Waals surface area contributed by atoms with Crippen molar-refractivity contribution in [2.45, 2.75) is 45.4 Å². The summed E-state index contributed by atoms with van der Waals surface area (Å²) in [6.45, 7) is 7.44. The molecule has 0 aromatic heterocycles. The molecule has 0 saturated heterocycles. The van der Waals surface area contributed by atoms with Crippen LogP contribution in [0.15, 0.2) is 28.7 Å². The number of carbonyl (C=O) groups excluding carboxylic acids is 1. The lowest BCUT2D eigenvalue weighted by Gasteiger charge is -2.27. The highest BCUT2D eigenvalue weighted by atomic mass is 79.9. The summed E-state index contributed by atoms with van der Waals surface area (Å²) in [5, 5.41) is 2.78. The van der Waals surface area contributed by atoms with Crippen molar-refractivity contribution in [2.24, 2.45) is 5.73 Å². The van der Waals surface area contributed by atoms with Gasteiger partial charge in [-0.3, -0.25) is 4.90 Å². The average molecular weight is 386 g/mol. The first-order valence-electron chi connectivity index (χ1n) is 7.83. The van der Waals surface area contributed by atoms with Gasteiger partial charge in [-0.25, -0.2) is 4.79 Å². The highest BCUT2D eigenvalue weighted by molar-refractivity contribution is 9.10. The summed E-state index contributed by atoms with van der Waals surface area (Å²) in [5.41, 5.74) is 6.63. The van der Waals surface area contributed by atoms with Crippen LogP contribution in [-0.4, -0.2) is 42.8 Å². The van der Waals surface area contributed by atoms with Crippen molar-refractivity contribution in [3.63, 3.8) is 0 Å². The molecule has 130 valence electrons. The largest absolute Gasteiger partial charge is 0.444 e. The first-order valence-corrected chi connectivity index (χ1v) is 8.62. The van der Waals surface area contributed by atoms with Crippen molar-refractivity contribution in [2.75, 3.05) is 20.1 Å². The molecule has 23 heavy (non-hydrogen) atoms. The second kappa shape index (κ2) is 9.25. The van der Waals surface area contributed by atoms with Gasteiger partial charge in [0, 0.05) is 30.1 Å². The molecule has 0 aliphatic heterocycles. The van der Waals surface area contributed by atoms with Gasteiger partial charge in [-0.2, -0.15) is 0 Å². The molecule has 1 rings (SSSR count). The third kappa shape index (κ3) is 8.34. The number of carbonyl (C=O) groups is 1. The summed E-state index contributed by atoms with van der Waals surface area (Å²) >= 11 is 3.48. The van der Waals surface area contributed by atoms with E-state index >= 15 is 0 Å². The van der Waals surface area contributed by atoms with Crippen LogP contribution in [0.25, 0.3) is 0 Å². The highest BCUT2D eigenvalue weighted by Gasteiger charge is 2.17. The number of amides is 1. The minimum Gasteiger partial charge on any atom is -0.444 e. The van der Waals surface area contributed by atoms with Crippen molar-refractivity contribution >= 4 is 22.0 Å². The molecule has 6 heteroatoms. The first-order chi connectivity index (χ1) is 10.7. The fourth-order valence-electron chi connectivity index (χ4n) is 2.23. The summed E-state index contributed by atoms with van der Waals surface area (Å²) in [6, 6.07) is 8.42. The van der Waals surface area contributed by atoms with Gasteiger partial charge in [0.1, 0.15) is 5.60 Å². The fourth-order valence-corrected chi connectivity index (χ4v) is 2.67. The fraction of sp³-hybridized carbons (Fsp3) is 0.588. The lowest BCUT2D eigenvalue weighted by molar-refractivity contribution is 0.0522. The minimum atomic E-state index is -0.477. The molecule has 1 aromatic carbocycles. The van der Waals surface area contributed by atoms with Crippen molar-refractivity contribution in [1.82, 2.24) is 10.2 Å². The van der Waals surface area contributed by atoms with E-state index in [0.717, 1.165) is 17.4 Å². The van der Waals surface area contributed by atoms with Crippen LogP contribution in [0.2, 0.25) is 0 Å². The minimum absolute atomic E-state index is 0.198. The van der Waals surface area contributed by atoms with E-state index < -0.39 is 5.60 Å². The Labute approximate surface area is 147 Å². The number of alkyl carbamates (subject to hydrolysis) is 1. The molecule has 0 saturated carbocycles. The molecule has 0 bridgehead atoms. The van der Waals surface area contributed by atoms with E-state index in [9.17, 15) is 4.79 Å². The Balaban J connectivity index is 2.42. The Kier molecular flexibility index (Phi) is 8.02. The third-order valence-electron chi connectivity index (χ3n) is 3.36. The van der Waals surface area contributed by atoms with Crippen LogP contribution in [0.3, 0.4) is 0 Å². The number of benzene rings is 1. The van der Waals surface area contributed by atoms with Gasteiger partial charge < -0.3 is 15.8 Å². The molecular formula is C17H28BrN3O2. The lowest BCUT2D eigenvalue weighted by atomic mass is 10.1. The summed E-state index contributed by atoms with van der Waals surface area (Å²) in [6.07, 6.45) is 0.392. The monoisotopic (exact) mass is 385 g/mol. The van der Waals surface area contributed by atoms with Gasteiger partial charge in [0.25, 0.3) is 0 Å². The topological polar surface area (TPSA) is 67.6 Å². The van der Waals surface area contributed by atoms with Gasteiger partial charge in [-0.1, -0.05) is 28.1 Å². The maximum atomic E-state index is 11.6. The third-order valence-corrected chi connectivity index (χ3v) is 3.86. The normalized spacial score (nSPS) is 13.0. The predicted molar refractivity (Wildman–Crippen MR) is 97.3 cm³/mol. The molecule has 1 atom stereocenters. The summed E-state index contributed by atoms with van der Waals surface area (Å²) < 4.78 is 6.29. The van der Waals surface area contributed by atoms with Gasteiger partial charge in [0.2, 0.25) is 0 Å². The van der Waals surface area contributed by atoms with Crippen LogP contribution >= 0.6 is 15.9 Å². The SMILES string of the molecule is CN(Cc1cccc(Br)c1)C(CN)CCNC(=O)OC(C)(C)C. The second-order valence-corrected chi connectivity index (χ2v) is 7.57. The van der Waals surface area contributed by atoms with Gasteiger partial charge in [0.05, 0.1) is 0 Å². The van der Waals surface area contributed by atoms with Gasteiger partial charge in [-0.05, 0) is 51.9 Å². The van der Waals surface area contributed by atoms with Gasteiger partial charge >= 0.3 is 6.09 Å². The maximum absolute atomic E-state index is 11.6. The molecular weight excluding hydrogens is 358 g/mol. The van der Waals surface area contributed by atoms with E-state index in [1.165, 1.54) is 5.56 Å². The molecule has 1 unspecified atom stereocenters. The second-order valence-electron chi connectivity index (χ2n) is 6.65. The van der Waals surface area contributed by atoms with Gasteiger partial charge in [-0.15, -0.1) is 0 Å². The molecule has 0 heterocycles. The van der Waals surface area contributed by atoms with Crippen molar-refractivity contribution in [3.8, 4) is 0 Å². The number of rotatable bonds is 7. The van der Waals surface area contributed by atoms with Crippen LogP contribution < -0.4 is 11.1 Å². The smallest absolute Gasteiger partial charge is 0.407 e. The van der Waals surface area contributed by atoms with E-state index in [1.807, 2.05) is 40.0 Å². The standard InChI is InChI=1S/C17H28BrN3O2/c1-17(2,3)23-16(22)20-9-8-15(11-19)21(4)12-13-6-5-7-14(18)10-13/h5-7,10,15H,8-9,11-12,19H2,1-4H3,(H,20,22). The van der Waals surface area contributed by atoms with E-state index in [0.29, 0.717) is 13.1 Å². The number of hydrogen-bond donors (Lipinski definition) is 2. The summed E-state index contributed by atoms with van der Waals surface area (Å²) in [7, 11) is 2.05. The molecule has 0 fully saturated rings. The Morgan fingerprint density at radius 1 is 1.43 bits per heavy atom. The molecule has 5 nitrogen and oxygen atoms in total. The van der Waals surface area contributed by atoms with E-state index in [2.05, 4.69) is 38.3 Å². The molecule has 0 aliphatic rings. The Morgan fingerprint density at radius 2 is 2.13 bits per heavy atom. The summed E-state index contributed by atoms with van der Waals surface area (Å²) in [5.74, 6) is 0. The number of hydrogen-bond acceptors (Lipinski definition) is 4. The molecule has 1 amide bonds. The number of ether oxygens (including phenoxy) is 1. The van der Waals surface area contributed by atoms with Crippen LogP contribution in [0.1, 0.15) is 32.8 Å². The lowest BCUT2D eigenvalue weighted by Crippen LogP contribution is -2.41. The molecule has 0 spiro atoms. The van der Waals surface area contributed by atoms with Crippen LogP contribution in [0, 0.1) is 0 Å². The van der Waals surface area contributed by atoms with Crippen molar-refractivity contribution in [1.29, 1.82) is 0 Å². The Hall–Kier alpha value is -1.11. The number of nitrogens with two attached hydrogens (primary N) is 1. The molecule has 1 aromatic rings. The number of nitrogens with zero attached hydrogens (tertiary/aromatic N) is 1. The van der Waals surface area contributed by atoms with Crippen LogP contribution in [0.4, 0.5) is 4.79 Å². The highest BCUT2D eigenvalue weighted by Crippen LogP contribution is 2.14. The van der Waals surface area contributed by atoms with Crippen molar-refractivity contribution in [3.05, 3.63) is 34.3 Å². The van der Waals surface area contributed by atoms with Crippen molar-refractivity contribution < 1.29 is 9.53 Å². The first kappa shape index (κ1) is 19.9. The Morgan fingerprint density at radius 3 is 2.70 bits per heavy atom. The zero-order chi connectivity index (χ0) is 17.5. The quantitative estimate of drug-likeness (QED) is 0.756. The predicted octanol–water partition coefficient (Wildman–Crippen LogP) is 3.12. The average Bonchev–Trinajstić information content (AvgIpc) is 2.41. The zero-order valence-corrected chi connectivity index (χ0v) is 16.0. The van der Waals surface area contributed by atoms with E-state index in [-0.39, 0.29) is 12.1 Å². The molecule has 3 N–H and O–H groups in total. The van der Waals surface area contributed by atoms with Crippen LogP contribution in [0.5, 0.6) is 0 Å². The van der Waals surface area contributed by atoms with E-state index in [4.69, 9.17) is 10.5 Å². The summed E-state index contributed by atoms with van der Waals surface area (Å²) in [4.78, 5) is 13.9. The van der Waals surface area contributed by atoms with Crippen LogP contribution in [-0.2, 0) is 11.3 Å². The van der Waals surface area contributed by atoms with Gasteiger partial charge in [0.15, 0.2) is 0 Å². The zero-order valence-electron chi connectivity index (χ0n) is 14.4. The molecule has 0 aliphatic carbocycles. The number of likely N-dealkylation sites (N-methyl/N-ethyl adjacent to an activating group) is 1. The molecule has 0 radical (unpaired) electrons. The Bertz CT molecular complexity index is 503. The van der Waals surface area contributed by atoms with E-state index in [1.54, 1.807) is 0 Å².